The summed E-state index contributed by atoms with van der Waals surface area (Å²) in [5, 5.41) is 7.68. The monoisotopic (exact) mass is 322 g/mol. The minimum Gasteiger partial charge on any atom is -0.420 e. The second-order valence-electron chi connectivity index (χ2n) is 4.21. The summed E-state index contributed by atoms with van der Waals surface area (Å²) in [7, 11) is 0. The van der Waals surface area contributed by atoms with Gasteiger partial charge in [-0.15, -0.1) is 21.5 Å². The Bertz CT molecular complexity index is 782. The molecule has 21 heavy (non-hydrogen) atoms. The van der Waals surface area contributed by atoms with Crippen molar-refractivity contribution in [3.05, 3.63) is 57.3 Å². The van der Waals surface area contributed by atoms with E-state index in [-0.39, 0.29) is 29.8 Å². The van der Waals surface area contributed by atoms with E-state index in [9.17, 15) is 9.18 Å². The van der Waals surface area contributed by atoms with Crippen LogP contribution in [0.25, 0.3) is 11.5 Å². The highest BCUT2D eigenvalue weighted by molar-refractivity contribution is 7.18. The maximum atomic E-state index is 12.8. The third kappa shape index (κ3) is 3.17. The Hall–Kier alpha value is -2.05. The van der Waals surface area contributed by atoms with Crippen LogP contribution in [-0.4, -0.2) is 16.0 Å². The number of rotatable bonds is 4. The van der Waals surface area contributed by atoms with Gasteiger partial charge in [0.2, 0.25) is 11.8 Å². The molecule has 0 aliphatic carbocycles. The van der Waals surface area contributed by atoms with E-state index < -0.39 is 0 Å². The molecule has 0 radical (unpaired) electrons. The Balaban J connectivity index is 1.76. The van der Waals surface area contributed by atoms with E-state index in [1.165, 1.54) is 35.6 Å². The molecule has 0 N–H and O–H groups in total. The van der Waals surface area contributed by atoms with Gasteiger partial charge in [0.05, 0.1) is 15.6 Å². The minimum absolute atomic E-state index is 0.00500. The van der Waals surface area contributed by atoms with Gasteiger partial charge in [-0.05, 0) is 36.4 Å². The molecule has 1 aromatic carbocycles. The molecule has 2 heterocycles. The fourth-order valence-corrected chi connectivity index (χ4v) is 2.70. The average molecular weight is 323 g/mol. The largest absolute Gasteiger partial charge is 0.420 e. The molecule has 4 nitrogen and oxygen atoms in total. The van der Waals surface area contributed by atoms with Crippen molar-refractivity contribution in [1.29, 1.82) is 0 Å². The van der Waals surface area contributed by atoms with Crippen LogP contribution in [-0.2, 0) is 6.42 Å². The van der Waals surface area contributed by atoms with Crippen LogP contribution < -0.4 is 0 Å². The first kappa shape index (κ1) is 13.9. The molecule has 2 aromatic heterocycles. The standard InChI is InChI=1S/C14H8ClFN2O2S/c15-12-6-5-11(21-12)10(19)7-13-17-18-14(20-13)8-1-3-9(16)4-2-8/h1-6H,7H2. The van der Waals surface area contributed by atoms with Crippen molar-refractivity contribution in [3.63, 3.8) is 0 Å². The fourth-order valence-electron chi connectivity index (χ4n) is 1.72. The number of carbonyl (C=O) groups excluding carboxylic acids is 1. The van der Waals surface area contributed by atoms with Crippen molar-refractivity contribution in [1.82, 2.24) is 10.2 Å². The Labute approximate surface area is 128 Å². The van der Waals surface area contributed by atoms with E-state index in [1.54, 1.807) is 12.1 Å². The van der Waals surface area contributed by atoms with E-state index in [0.717, 1.165) is 0 Å². The molecular formula is C14H8ClFN2O2S. The van der Waals surface area contributed by atoms with Gasteiger partial charge in [-0.3, -0.25) is 4.79 Å². The predicted octanol–water partition coefficient (Wildman–Crippen LogP) is 4.02. The molecule has 0 aliphatic rings. The molecular weight excluding hydrogens is 315 g/mol. The Morgan fingerprint density at radius 1 is 1.19 bits per heavy atom. The number of Topliss-reactive ketones (excluding diaryl/α,β-unsaturated/α-hetero) is 1. The van der Waals surface area contributed by atoms with E-state index >= 15 is 0 Å². The number of halogens is 2. The van der Waals surface area contributed by atoms with Crippen molar-refractivity contribution in [3.8, 4) is 11.5 Å². The molecule has 0 bridgehead atoms. The summed E-state index contributed by atoms with van der Waals surface area (Å²) in [6, 6.07) is 9.00. The van der Waals surface area contributed by atoms with Crippen LogP contribution in [0, 0.1) is 5.82 Å². The summed E-state index contributed by atoms with van der Waals surface area (Å²) in [6.07, 6.45) is 0.00500. The molecule has 0 atom stereocenters. The lowest BCUT2D eigenvalue weighted by molar-refractivity contribution is 0.0989. The van der Waals surface area contributed by atoms with Gasteiger partial charge in [-0.25, -0.2) is 4.39 Å². The first-order valence-electron chi connectivity index (χ1n) is 5.98. The zero-order valence-corrected chi connectivity index (χ0v) is 12.1. The molecule has 0 saturated carbocycles. The van der Waals surface area contributed by atoms with Gasteiger partial charge in [-0.2, -0.15) is 0 Å². The summed E-state index contributed by atoms with van der Waals surface area (Å²) in [4.78, 5) is 12.5. The molecule has 0 fully saturated rings. The first-order chi connectivity index (χ1) is 10.1. The number of carbonyl (C=O) groups is 1. The fraction of sp³-hybridized carbons (Fsp3) is 0.0714. The van der Waals surface area contributed by atoms with Gasteiger partial charge >= 0.3 is 0 Å². The summed E-state index contributed by atoms with van der Waals surface area (Å²) in [5.74, 6) is -0.0182. The molecule has 0 aliphatic heterocycles. The van der Waals surface area contributed by atoms with Crippen LogP contribution in [0.4, 0.5) is 4.39 Å². The van der Waals surface area contributed by atoms with Crippen molar-refractivity contribution in [2.75, 3.05) is 0 Å². The van der Waals surface area contributed by atoms with E-state index in [0.29, 0.717) is 14.8 Å². The summed E-state index contributed by atoms with van der Waals surface area (Å²) in [5.41, 5.74) is 0.599. The summed E-state index contributed by atoms with van der Waals surface area (Å²) >= 11 is 6.99. The zero-order valence-electron chi connectivity index (χ0n) is 10.5. The van der Waals surface area contributed by atoms with Crippen molar-refractivity contribution in [2.24, 2.45) is 0 Å². The van der Waals surface area contributed by atoms with E-state index in [1.807, 2.05) is 0 Å². The maximum absolute atomic E-state index is 12.8. The molecule has 0 spiro atoms. The average Bonchev–Trinajstić information content (AvgIpc) is 3.09. The molecule has 7 heteroatoms. The molecule has 3 aromatic rings. The van der Waals surface area contributed by atoms with Crippen molar-refractivity contribution in [2.45, 2.75) is 6.42 Å². The summed E-state index contributed by atoms with van der Waals surface area (Å²) < 4.78 is 18.8. The lowest BCUT2D eigenvalue weighted by Gasteiger charge is -1.94. The number of benzene rings is 1. The predicted molar refractivity (Wildman–Crippen MR) is 77.1 cm³/mol. The normalized spacial score (nSPS) is 10.8. The van der Waals surface area contributed by atoms with Crippen LogP contribution in [0.5, 0.6) is 0 Å². The Kier molecular flexibility index (Phi) is 3.81. The van der Waals surface area contributed by atoms with Crippen molar-refractivity contribution < 1.29 is 13.6 Å². The van der Waals surface area contributed by atoms with Gasteiger partial charge in [0.25, 0.3) is 0 Å². The zero-order chi connectivity index (χ0) is 14.8. The van der Waals surface area contributed by atoms with Crippen LogP contribution in [0.2, 0.25) is 4.34 Å². The Morgan fingerprint density at radius 2 is 1.95 bits per heavy atom. The molecule has 0 amide bonds. The van der Waals surface area contributed by atoms with E-state index in [2.05, 4.69) is 10.2 Å². The number of hydrogen-bond acceptors (Lipinski definition) is 5. The van der Waals surface area contributed by atoms with Crippen LogP contribution in [0.3, 0.4) is 0 Å². The smallest absolute Gasteiger partial charge is 0.247 e. The first-order valence-corrected chi connectivity index (χ1v) is 7.18. The number of nitrogens with zero attached hydrogens (tertiary/aromatic N) is 2. The number of hydrogen-bond donors (Lipinski definition) is 0. The SMILES string of the molecule is O=C(Cc1nnc(-c2ccc(F)cc2)o1)c1ccc(Cl)s1. The van der Waals surface area contributed by atoms with Crippen molar-refractivity contribution >= 4 is 28.7 Å². The molecule has 0 unspecified atom stereocenters. The second kappa shape index (κ2) is 5.75. The third-order valence-corrected chi connectivity index (χ3v) is 3.99. The number of ketones is 1. The quantitative estimate of drug-likeness (QED) is 0.681. The number of thiophene rings is 1. The maximum Gasteiger partial charge on any atom is 0.247 e. The Morgan fingerprint density at radius 3 is 2.62 bits per heavy atom. The highest BCUT2D eigenvalue weighted by atomic mass is 35.5. The van der Waals surface area contributed by atoms with Gasteiger partial charge < -0.3 is 4.42 Å². The molecule has 0 saturated heterocycles. The topological polar surface area (TPSA) is 56.0 Å². The third-order valence-electron chi connectivity index (χ3n) is 2.72. The lowest BCUT2D eigenvalue weighted by Crippen LogP contribution is -2.01. The van der Waals surface area contributed by atoms with Gasteiger partial charge in [0, 0.05) is 5.56 Å². The number of aromatic nitrogens is 2. The van der Waals surface area contributed by atoms with Gasteiger partial charge in [0.1, 0.15) is 5.82 Å². The molecule has 3 rings (SSSR count). The lowest BCUT2D eigenvalue weighted by atomic mass is 10.2. The van der Waals surface area contributed by atoms with Crippen LogP contribution in [0.15, 0.2) is 40.8 Å². The van der Waals surface area contributed by atoms with E-state index in [4.69, 9.17) is 16.0 Å². The van der Waals surface area contributed by atoms with Gasteiger partial charge in [-0.1, -0.05) is 11.6 Å². The summed E-state index contributed by atoms with van der Waals surface area (Å²) in [6.45, 7) is 0. The van der Waals surface area contributed by atoms with Crippen LogP contribution in [0.1, 0.15) is 15.6 Å². The highest BCUT2D eigenvalue weighted by Gasteiger charge is 2.15. The van der Waals surface area contributed by atoms with Gasteiger partial charge in [0.15, 0.2) is 5.78 Å². The van der Waals surface area contributed by atoms with Crippen LogP contribution >= 0.6 is 22.9 Å². The second-order valence-corrected chi connectivity index (χ2v) is 5.93. The molecule has 106 valence electrons. The highest BCUT2D eigenvalue weighted by Crippen LogP contribution is 2.23. The minimum atomic E-state index is -0.344.